The van der Waals surface area contributed by atoms with E-state index in [2.05, 4.69) is 25.5 Å². The molecule has 12 heteroatoms. The molecule has 0 bridgehead atoms. The van der Waals surface area contributed by atoms with E-state index in [1.54, 1.807) is 6.07 Å². The molecule has 0 saturated carbocycles. The number of aromatic amines is 1. The van der Waals surface area contributed by atoms with E-state index < -0.39 is 4.92 Å². The monoisotopic (exact) mass is 351 g/mol. The van der Waals surface area contributed by atoms with Crippen molar-refractivity contribution in [1.82, 2.24) is 20.2 Å². The lowest BCUT2D eigenvalue weighted by molar-refractivity contribution is -0.384. The topological polar surface area (TPSA) is 153 Å². The molecule has 2 aromatic heterocycles. The largest absolute Gasteiger partial charge is 0.368 e. The van der Waals surface area contributed by atoms with Crippen LogP contribution in [0.25, 0.3) is 10.2 Å². The zero-order valence-electron chi connectivity index (χ0n) is 11.3. The smallest absolute Gasteiger partial charge is 0.270 e. The van der Waals surface area contributed by atoms with Crippen molar-refractivity contribution >= 4 is 56.0 Å². The Labute approximate surface area is 136 Å². The van der Waals surface area contributed by atoms with Crippen LogP contribution in [0.5, 0.6) is 0 Å². The number of thiazole rings is 1. The first-order valence-electron chi connectivity index (χ1n) is 6.17. The number of nitrogens with two attached hydrogens (primary N) is 1. The number of thioether (sulfide) groups is 1. The van der Waals surface area contributed by atoms with Crippen LogP contribution in [0, 0.1) is 10.1 Å². The summed E-state index contributed by atoms with van der Waals surface area (Å²) >= 11 is 2.29. The minimum absolute atomic E-state index is 0.0169. The lowest BCUT2D eigenvalue weighted by Crippen LogP contribution is -2.13. The number of hydrogen-bond donors (Lipinski definition) is 3. The van der Waals surface area contributed by atoms with Gasteiger partial charge in [0.1, 0.15) is 0 Å². The molecular formula is C11H9N7O3S2. The number of fused-ring (bicyclic) bond motifs is 1. The number of H-pyrrole nitrogens is 1. The summed E-state index contributed by atoms with van der Waals surface area (Å²) in [6.45, 7) is 0. The molecule has 0 aliphatic heterocycles. The fourth-order valence-corrected chi connectivity index (χ4v) is 3.21. The van der Waals surface area contributed by atoms with Crippen LogP contribution in [0.4, 0.5) is 16.8 Å². The number of benzene rings is 1. The summed E-state index contributed by atoms with van der Waals surface area (Å²) in [6, 6.07) is 4.34. The number of anilines is 2. The van der Waals surface area contributed by atoms with Gasteiger partial charge in [-0.05, 0) is 6.07 Å². The minimum atomic E-state index is -0.476. The van der Waals surface area contributed by atoms with Crippen molar-refractivity contribution in [1.29, 1.82) is 0 Å². The lowest BCUT2D eigenvalue weighted by Gasteiger charge is -1.98. The van der Waals surface area contributed by atoms with Crippen LogP contribution in [0.3, 0.4) is 0 Å². The third kappa shape index (κ3) is 3.54. The molecule has 0 unspecified atom stereocenters. The first-order chi connectivity index (χ1) is 11.0. The Bertz CT molecular complexity index is 891. The highest BCUT2D eigenvalue weighted by Gasteiger charge is 2.12. The van der Waals surface area contributed by atoms with E-state index in [1.165, 1.54) is 23.5 Å². The van der Waals surface area contributed by atoms with Crippen LogP contribution >= 0.6 is 23.1 Å². The third-order valence-corrected chi connectivity index (χ3v) is 4.42. The molecule has 0 spiro atoms. The number of nitro groups is 1. The summed E-state index contributed by atoms with van der Waals surface area (Å²) in [5, 5.41) is 20.4. The highest BCUT2D eigenvalue weighted by atomic mass is 32.2. The van der Waals surface area contributed by atoms with Crippen LogP contribution in [0.1, 0.15) is 0 Å². The van der Waals surface area contributed by atoms with Gasteiger partial charge >= 0.3 is 0 Å². The van der Waals surface area contributed by atoms with Gasteiger partial charge in [0.25, 0.3) is 5.69 Å². The van der Waals surface area contributed by atoms with E-state index in [9.17, 15) is 14.9 Å². The van der Waals surface area contributed by atoms with Crippen molar-refractivity contribution in [3.05, 3.63) is 28.3 Å². The average Bonchev–Trinajstić information content (AvgIpc) is 3.09. The van der Waals surface area contributed by atoms with Crippen LogP contribution in [0.2, 0.25) is 0 Å². The number of nitrogens with one attached hydrogen (secondary N) is 2. The predicted octanol–water partition coefficient (Wildman–Crippen LogP) is 1.64. The van der Waals surface area contributed by atoms with E-state index in [0.717, 1.165) is 11.8 Å². The van der Waals surface area contributed by atoms with Gasteiger partial charge in [0.15, 0.2) is 5.13 Å². The second kappa shape index (κ2) is 6.18. The maximum atomic E-state index is 11.9. The Morgan fingerprint density at radius 2 is 2.30 bits per heavy atom. The zero-order chi connectivity index (χ0) is 16.4. The summed E-state index contributed by atoms with van der Waals surface area (Å²) < 4.78 is 0.629. The van der Waals surface area contributed by atoms with Gasteiger partial charge in [-0.3, -0.25) is 14.9 Å². The fourth-order valence-electron chi connectivity index (χ4n) is 1.69. The molecule has 1 aromatic carbocycles. The molecule has 3 rings (SSSR count). The van der Waals surface area contributed by atoms with Crippen molar-refractivity contribution in [2.24, 2.45) is 0 Å². The zero-order valence-corrected chi connectivity index (χ0v) is 13.0. The Morgan fingerprint density at radius 3 is 3.00 bits per heavy atom. The molecule has 1 amide bonds. The van der Waals surface area contributed by atoms with Gasteiger partial charge in [0, 0.05) is 12.1 Å². The lowest BCUT2D eigenvalue weighted by atomic mass is 10.3. The maximum Gasteiger partial charge on any atom is 0.270 e. The maximum absolute atomic E-state index is 11.9. The molecule has 2 heterocycles. The van der Waals surface area contributed by atoms with Crippen molar-refractivity contribution in [3.8, 4) is 0 Å². The molecule has 3 aromatic rings. The van der Waals surface area contributed by atoms with Crippen LogP contribution in [-0.4, -0.2) is 36.7 Å². The standard InChI is InChI=1S/C11H9N7O3S2/c12-9-15-11(17-16-9)22-4-8(19)14-10-13-6-2-1-5(18(20)21)3-7(6)23-10/h1-3H,4H2,(H,13,14,19)(H3,12,15,16,17). The molecule has 0 aliphatic rings. The Kier molecular flexibility index (Phi) is 4.08. The van der Waals surface area contributed by atoms with E-state index >= 15 is 0 Å². The van der Waals surface area contributed by atoms with Gasteiger partial charge in [-0.1, -0.05) is 23.1 Å². The first-order valence-corrected chi connectivity index (χ1v) is 7.97. The first kappa shape index (κ1) is 15.2. The SMILES string of the molecule is Nc1nc(SCC(=O)Nc2nc3ccc([N+](=O)[O-])cc3s2)n[nH]1. The summed E-state index contributed by atoms with van der Waals surface area (Å²) in [5.41, 5.74) is 5.96. The number of carbonyl (C=O) groups excluding carboxylic acids is 1. The molecule has 0 atom stereocenters. The van der Waals surface area contributed by atoms with Crippen molar-refractivity contribution in [3.63, 3.8) is 0 Å². The van der Waals surface area contributed by atoms with Crippen LogP contribution in [0.15, 0.2) is 23.4 Å². The van der Waals surface area contributed by atoms with E-state index in [0.29, 0.717) is 20.5 Å². The van der Waals surface area contributed by atoms with Gasteiger partial charge in [-0.2, -0.15) is 4.98 Å². The highest BCUT2D eigenvalue weighted by Crippen LogP contribution is 2.29. The number of aromatic nitrogens is 4. The van der Waals surface area contributed by atoms with E-state index in [4.69, 9.17) is 5.73 Å². The van der Waals surface area contributed by atoms with E-state index in [-0.39, 0.29) is 23.3 Å². The number of rotatable bonds is 5. The van der Waals surface area contributed by atoms with Gasteiger partial charge in [-0.15, -0.1) is 5.10 Å². The normalized spacial score (nSPS) is 10.8. The Morgan fingerprint density at radius 1 is 1.48 bits per heavy atom. The molecule has 118 valence electrons. The highest BCUT2D eigenvalue weighted by molar-refractivity contribution is 7.99. The number of nitro benzene ring substituents is 1. The molecule has 23 heavy (non-hydrogen) atoms. The number of non-ortho nitro benzene ring substituents is 1. The van der Waals surface area contributed by atoms with Gasteiger partial charge in [0.05, 0.1) is 20.9 Å². The second-order valence-corrected chi connectivity index (χ2v) is 6.24. The minimum Gasteiger partial charge on any atom is -0.368 e. The number of nitrogens with zero attached hydrogens (tertiary/aromatic N) is 4. The molecular weight excluding hydrogens is 342 g/mol. The molecule has 10 nitrogen and oxygen atoms in total. The third-order valence-electron chi connectivity index (χ3n) is 2.64. The second-order valence-electron chi connectivity index (χ2n) is 4.27. The molecule has 0 radical (unpaired) electrons. The molecule has 0 aliphatic carbocycles. The van der Waals surface area contributed by atoms with E-state index in [1.807, 2.05) is 0 Å². The van der Waals surface area contributed by atoms with Crippen molar-refractivity contribution in [2.45, 2.75) is 5.16 Å². The summed E-state index contributed by atoms with van der Waals surface area (Å²) in [6.07, 6.45) is 0. The van der Waals surface area contributed by atoms with Gasteiger partial charge < -0.3 is 11.1 Å². The number of carbonyl (C=O) groups is 1. The summed E-state index contributed by atoms with van der Waals surface area (Å²) in [7, 11) is 0. The Hall–Kier alpha value is -2.73. The van der Waals surface area contributed by atoms with Gasteiger partial charge in [0.2, 0.25) is 17.0 Å². The number of nitrogen functional groups attached to an aromatic ring is 1. The quantitative estimate of drug-likeness (QED) is 0.356. The fraction of sp³-hybridized carbons (Fsp3) is 0.0909. The average molecular weight is 351 g/mol. The van der Waals surface area contributed by atoms with Crippen LogP contribution in [-0.2, 0) is 4.79 Å². The summed E-state index contributed by atoms with van der Waals surface area (Å²) in [5.74, 6) is -0.0134. The number of hydrogen-bond acceptors (Lipinski definition) is 9. The number of amides is 1. The van der Waals surface area contributed by atoms with Crippen LogP contribution < -0.4 is 11.1 Å². The molecule has 0 saturated heterocycles. The predicted molar refractivity (Wildman–Crippen MR) is 86.4 cm³/mol. The summed E-state index contributed by atoms with van der Waals surface area (Å²) in [4.78, 5) is 30.2. The Balaban J connectivity index is 1.66. The van der Waals surface area contributed by atoms with Crippen molar-refractivity contribution < 1.29 is 9.72 Å². The molecule has 0 fully saturated rings. The van der Waals surface area contributed by atoms with Gasteiger partial charge in [-0.25, -0.2) is 10.1 Å². The van der Waals surface area contributed by atoms with Crippen molar-refractivity contribution in [2.75, 3.05) is 16.8 Å². The molecule has 4 N–H and O–H groups in total.